The molecule has 1 saturated carbocycles. The van der Waals surface area contributed by atoms with Crippen molar-refractivity contribution in [3.8, 4) is 0 Å². The van der Waals surface area contributed by atoms with Crippen molar-refractivity contribution in [2.45, 2.75) is 57.4 Å². The molecule has 0 bridgehead atoms. The second kappa shape index (κ2) is 7.31. The van der Waals surface area contributed by atoms with Crippen LogP contribution >= 0.6 is 0 Å². The number of carbonyl (C=O) groups is 2. The SMILES string of the molecule is O=C(NCCC1=CCCCC1)NC1CCC(C(=O)O)C1. The number of carboxylic acid groups (broad SMARTS) is 1. The van der Waals surface area contributed by atoms with Crippen LogP contribution in [0, 0.1) is 5.92 Å². The highest BCUT2D eigenvalue weighted by atomic mass is 16.4. The molecule has 2 aliphatic rings. The lowest BCUT2D eigenvalue weighted by Crippen LogP contribution is -2.41. The summed E-state index contributed by atoms with van der Waals surface area (Å²) in [6.07, 6.45) is 10.1. The van der Waals surface area contributed by atoms with Gasteiger partial charge in [0.2, 0.25) is 0 Å². The third-order valence-corrected chi connectivity index (χ3v) is 4.23. The molecule has 2 atom stereocenters. The van der Waals surface area contributed by atoms with Gasteiger partial charge in [-0.15, -0.1) is 0 Å². The summed E-state index contributed by atoms with van der Waals surface area (Å²) in [7, 11) is 0. The molecule has 0 radical (unpaired) electrons. The molecule has 5 nitrogen and oxygen atoms in total. The highest BCUT2D eigenvalue weighted by molar-refractivity contribution is 5.75. The van der Waals surface area contributed by atoms with E-state index < -0.39 is 5.97 Å². The Morgan fingerprint density at radius 3 is 2.80 bits per heavy atom. The van der Waals surface area contributed by atoms with Crippen LogP contribution in [0.3, 0.4) is 0 Å². The predicted molar refractivity (Wildman–Crippen MR) is 76.5 cm³/mol. The van der Waals surface area contributed by atoms with E-state index in [9.17, 15) is 9.59 Å². The zero-order valence-corrected chi connectivity index (χ0v) is 11.9. The third kappa shape index (κ3) is 4.54. The second-order valence-electron chi connectivity index (χ2n) is 5.80. The van der Waals surface area contributed by atoms with Crippen LogP contribution in [0.15, 0.2) is 11.6 Å². The fourth-order valence-electron chi connectivity index (χ4n) is 3.04. The van der Waals surface area contributed by atoms with Gasteiger partial charge in [0.25, 0.3) is 0 Å². The number of aliphatic carboxylic acids is 1. The van der Waals surface area contributed by atoms with Crippen LogP contribution in [0.25, 0.3) is 0 Å². The second-order valence-corrected chi connectivity index (χ2v) is 5.80. The Labute approximate surface area is 119 Å². The average Bonchev–Trinajstić information content (AvgIpc) is 2.88. The minimum atomic E-state index is -0.751. The maximum atomic E-state index is 11.7. The van der Waals surface area contributed by atoms with Gasteiger partial charge in [-0.3, -0.25) is 4.79 Å². The Balaban J connectivity index is 1.61. The van der Waals surface area contributed by atoms with Gasteiger partial charge in [-0.25, -0.2) is 4.79 Å². The summed E-state index contributed by atoms with van der Waals surface area (Å²) in [5.41, 5.74) is 1.45. The molecule has 2 amide bonds. The molecule has 5 heteroatoms. The van der Waals surface area contributed by atoms with E-state index >= 15 is 0 Å². The summed E-state index contributed by atoms with van der Waals surface area (Å²) in [4.78, 5) is 22.6. The van der Waals surface area contributed by atoms with Crippen molar-refractivity contribution in [3.05, 3.63) is 11.6 Å². The van der Waals surface area contributed by atoms with E-state index in [1.165, 1.54) is 24.8 Å². The van der Waals surface area contributed by atoms with E-state index in [2.05, 4.69) is 16.7 Å². The molecule has 20 heavy (non-hydrogen) atoms. The van der Waals surface area contributed by atoms with Crippen LogP contribution < -0.4 is 10.6 Å². The van der Waals surface area contributed by atoms with Crippen molar-refractivity contribution in [2.24, 2.45) is 5.92 Å². The zero-order chi connectivity index (χ0) is 14.4. The highest BCUT2D eigenvalue weighted by Gasteiger charge is 2.30. The van der Waals surface area contributed by atoms with Crippen LogP contribution in [-0.2, 0) is 4.79 Å². The van der Waals surface area contributed by atoms with Gasteiger partial charge < -0.3 is 15.7 Å². The minimum Gasteiger partial charge on any atom is -0.481 e. The normalized spacial score (nSPS) is 25.9. The lowest BCUT2D eigenvalue weighted by atomic mass is 9.97. The fraction of sp³-hybridized carbons (Fsp3) is 0.733. The van der Waals surface area contributed by atoms with Gasteiger partial charge in [0.15, 0.2) is 0 Å². The molecule has 112 valence electrons. The monoisotopic (exact) mass is 280 g/mol. The first-order chi connectivity index (χ1) is 9.65. The van der Waals surface area contributed by atoms with Crippen LogP contribution in [0.5, 0.6) is 0 Å². The number of hydrogen-bond donors (Lipinski definition) is 3. The number of allylic oxidation sites excluding steroid dienone is 1. The first-order valence-electron chi connectivity index (χ1n) is 7.60. The average molecular weight is 280 g/mol. The number of hydrogen-bond acceptors (Lipinski definition) is 2. The van der Waals surface area contributed by atoms with Gasteiger partial charge in [0.1, 0.15) is 0 Å². The smallest absolute Gasteiger partial charge is 0.315 e. The molecule has 0 aromatic rings. The molecule has 2 aliphatic carbocycles. The Hall–Kier alpha value is -1.52. The Bertz CT molecular complexity index is 393. The van der Waals surface area contributed by atoms with Crippen LogP contribution in [0.4, 0.5) is 4.79 Å². The summed E-state index contributed by atoms with van der Waals surface area (Å²) in [6.45, 7) is 0.659. The largest absolute Gasteiger partial charge is 0.481 e. The number of urea groups is 1. The van der Waals surface area contributed by atoms with Crippen molar-refractivity contribution in [3.63, 3.8) is 0 Å². The van der Waals surface area contributed by atoms with Crippen LogP contribution in [0.1, 0.15) is 51.4 Å². The molecule has 2 unspecified atom stereocenters. The van der Waals surface area contributed by atoms with Crippen molar-refractivity contribution < 1.29 is 14.7 Å². The maximum absolute atomic E-state index is 11.7. The fourth-order valence-corrected chi connectivity index (χ4v) is 3.04. The molecule has 0 heterocycles. The van der Waals surface area contributed by atoms with Gasteiger partial charge in [-0.05, 0) is 51.4 Å². The summed E-state index contributed by atoms with van der Waals surface area (Å²) in [5.74, 6) is -1.05. The summed E-state index contributed by atoms with van der Waals surface area (Å²) in [6, 6.07) is -0.164. The Kier molecular flexibility index (Phi) is 5.44. The van der Waals surface area contributed by atoms with E-state index in [0.717, 1.165) is 19.3 Å². The first-order valence-corrected chi connectivity index (χ1v) is 7.60. The van der Waals surface area contributed by atoms with E-state index in [-0.39, 0.29) is 18.0 Å². The molecular weight excluding hydrogens is 256 g/mol. The number of rotatable bonds is 5. The molecular formula is C15H24N2O3. The Morgan fingerprint density at radius 2 is 2.15 bits per heavy atom. The van der Waals surface area contributed by atoms with Gasteiger partial charge in [0, 0.05) is 12.6 Å². The van der Waals surface area contributed by atoms with Gasteiger partial charge in [-0.2, -0.15) is 0 Å². The summed E-state index contributed by atoms with van der Waals surface area (Å²) >= 11 is 0. The summed E-state index contributed by atoms with van der Waals surface area (Å²) in [5, 5.41) is 14.6. The molecule has 3 N–H and O–H groups in total. The van der Waals surface area contributed by atoms with Gasteiger partial charge >= 0.3 is 12.0 Å². The zero-order valence-electron chi connectivity index (χ0n) is 11.9. The lowest BCUT2D eigenvalue weighted by molar-refractivity contribution is -0.141. The highest BCUT2D eigenvalue weighted by Crippen LogP contribution is 2.25. The molecule has 2 rings (SSSR count). The molecule has 1 fully saturated rings. The van der Waals surface area contributed by atoms with Crippen molar-refractivity contribution in [2.75, 3.05) is 6.54 Å². The number of amides is 2. The number of nitrogens with one attached hydrogen (secondary N) is 2. The van der Waals surface area contributed by atoms with Crippen molar-refractivity contribution in [1.82, 2.24) is 10.6 Å². The topological polar surface area (TPSA) is 78.4 Å². The van der Waals surface area contributed by atoms with Gasteiger partial charge in [-0.1, -0.05) is 11.6 Å². The van der Waals surface area contributed by atoms with E-state index in [4.69, 9.17) is 5.11 Å². The first kappa shape index (κ1) is 14.9. The predicted octanol–water partition coefficient (Wildman–Crippen LogP) is 2.43. The van der Waals surface area contributed by atoms with Crippen LogP contribution in [0.2, 0.25) is 0 Å². The number of carboxylic acids is 1. The summed E-state index contributed by atoms with van der Waals surface area (Å²) < 4.78 is 0. The van der Waals surface area contributed by atoms with Crippen LogP contribution in [-0.4, -0.2) is 29.7 Å². The molecule has 0 aromatic heterocycles. The quantitative estimate of drug-likeness (QED) is 0.677. The molecule has 0 spiro atoms. The molecule has 0 aromatic carbocycles. The Morgan fingerprint density at radius 1 is 1.30 bits per heavy atom. The molecule has 0 saturated heterocycles. The van der Waals surface area contributed by atoms with Gasteiger partial charge in [0.05, 0.1) is 5.92 Å². The minimum absolute atomic E-state index is 0.00463. The number of carbonyl (C=O) groups excluding carboxylic acids is 1. The van der Waals surface area contributed by atoms with E-state index in [1.54, 1.807) is 0 Å². The van der Waals surface area contributed by atoms with Crippen molar-refractivity contribution >= 4 is 12.0 Å². The maximum Gasteiger partial charge on any atom is 0.315 e. The third-order valence-electron chi connectivity index (χ3n) is 4.23. The van der Waals surface area contributed by atoms with Crippen molar-refractivity contribution in [1.29, 1.82) is 0 Å². The molecule has 0 aliphatic heterocycles. The van der Waals surface area contributed by atoms with E-state index in [0.29, 0.717) is 19.4 Å². The lowest BCUT2D eigenvalue weighted by Gasteiger charge is -2.15. The standard InChI is InChI=1S/C15H24N2O3/c18-14(19)12-6-7-13(10-12)17-15(20)16-9-8-11-4-2-1-3-5-11/h4,12-13H,1-3,5-10H2,(H,18,19)(H2,16,17,20). The van der Waals surface area contributed by atoms with E-state index in [1.807, 2.05) is 0 Å².